The third kappa shape index (κ3) is 2.34. The molecule has 0 radical (unpaired) electrons. The van der Waals surface area contributed by atoms with Gasteiger partial charge in [0.15, 0.2) is 0 Å². The van der Waals surface area contributed by atoms with Gasteiger partial charge in [-0.15, -0.1) is 0 Å². The molecule has 20 heavy (non-hydrogen) atoms. The number of nitrogens with zero attached hydrogens (tertiary/aromatic N) is 2. The Labute approximate surface area is 126 Å². The molecule has 2 aromatic rings. The summed E-state index contributed by atoms with van der Waals surface area (Å²) in [6, 6.07) is 10.7. The minimum absolute atomic E-state index is 0.158. The van der Waals surface area contributed by atoms with Gasteiger partial charge in [0.2, 0.25) is 0 Å². The van der Waals surface area contributed by atoms with Crippen LogP contribution >= 0.6 is 0 Å². The number of nitrogens with one attached hydrogen (secondary N) is 1. The Morgan fingerprint density at radius 2 is 1.95 bits per heavy atom. The van der Waals surface area contributed by atoms with Gasteiger partial charge >= 0.3 is 126 Å². The van der Waals surface area contributed by atoms with Crippen molar-refractivity contribution in [1.82, 2.24) is 15.1 Å². The van der Waals surface area contributed by atoms with Crippen LogP contribution in [0.3, 0.4) is 0 Å². The maximum atomic E-state index is 4.58. The second-order valence-electron chi connectivity index (χ2n) is 5.90. The van der Waals surface area contributed by atoms with E-state index >= 15 is 0 Å². The van der Waals surface area contributed by atoms with Crippen LogP contribution < -0.4 is 4.48 Å². The number of H-pyrrole nitrogens is 1. The molecular weight excluding hydrogens is 309 g/mol. The molecule has 3 aliphatic heterocycles. The summed E-state index contributed by atoms with van der Waals surface area (Å²) in [5.41, 5.74) is 2.64. The molecule has 0 saturated carbocycles. The molecular formula is C16H20AsN3. The second kappa shape index (κ2) is 5.38. The number of benzene rings is 1. The minimum atomic E-state index is -0.158. The Kier molecular flexibility index (Phi) is 3.41. The summed E-state index contributed by atoms with van der Waals surface area (Å²) in [6.07, 6.45) is 4.91. The zero-order chi connectivity index (χ0) is 13.4. The molecule has 1 N–H and O–H groups in total. The molecule has 2 unspecified atom stereocenters. The average Bonchev–Trinajstić information content (AvgIpc) is 2.97. The molecule has 3 nitrogen and oxygen atoms in total. The second-order valence-corrected chi connectivity index (χ2v) is 9.06. The molecule has 1 aromatic heterocycles. The van der Waals surface area contributed by atoms with Crippen molar-refractivity contribution in [2.24, 2.45) is 5.92 Å². The van der Waals surface area contributed by atoms with Crippen LogP contribution in [0, 0.1) is 5.92 Å². The van der Waals surface area contributed by atoms with Crippen LogP contribution in [0.15, 0.2) is 36.5 Å². The molecule has 0 aliphatic carbocycles. The number of hydrogen-bond acceptors (Lipinski definition) is 2. The third-order valence-electron chi connectivity index (χ3n) is 4.70. The molecule has 0 spiro atoms. The third-order valence-corrected chi connectivity index (χ3v) is 8.23. The normalized spacial score (nSPS) is 29.3. The summed E-state index contributed by atoms with van der Waals surface area (Å²) in [6.45, 7) is 3.99. The van der Waals surface area contributed by atoms with Crippen LogP contribution in [0.2, 0.25) is 4.71 Å². The van der Waals surface area contributed by atoms with E-state index in [1.807, 2.05) is 0 Å². The molecule has 1 aromatic carbocycles. The van der Waals surface area contributed by atoms with Gasteiger partial charge in [0.05, 0.1) is 0 Å². The van der Waals surface area contributed by atoms with Gasteiger partial charge in [-0.1, -0.05) is 0 Å². The predicted molar refractivity (Wildman–Crippen MR) is 83.7 cm³/mol. The maximum absolute atomic E-state index is 4.58. The Hall–Kier alpha value is -1.05. The molecule has 0 amide bonds. The van der Waals surface area contributed by atoms with E-state index in [1.165, 1.54) is 48.1 Å². The van der Waals surface area contributed by atoms with Gasteiger partial charge in [0.25, 0.3) is 0 Å². The first-order valence-electron chi connectivity index (χ1n) is 7.48. The fourth-order valence-corrected chi connectivity index (χ4v) is 7.26. The van der Waals surface area contributed by atoms with Crippen molar-refractivity contribution in [3.05, 3.63) is 36.5 Å². The Morgan fingerprint density at radius 3 is 2.65 bits per heavy atom. The van der Waals surface area contributed by atoms with Crippen LogP contribution in [0.5, 0.6) is 0 Å². The molecule has 5 rings (SSSR count). The van der Waals surface area contributed by atoms with Crippen molar-refractivity contribution in [2.75, 3.05) is 19.6 Å². The summed E-state index contributed by atoms with van der Waals surface area (Å²) in [5, 5.41) is 7.68. The molecule has 3 aliphatic rings. The van der Waals surface area contributed by atoms with E-state index in [-0.39, 0.29) is 15.8 Å². The summed E-state index contributed by atoms with van der Waals surface area (Å²) < 4.78 is 2.29. The van der Waals surface area contributed by atoms with Crippen molar-refractivity contribution < 1.29 is 0 Å². The van der Waals surface area contributed by atoms with Crippen molar-refractivity contribution in [1.29, 1.82) is 0 Å². The zero-order valence-electron chi connectivity index (χ0n) is 11.5. The van der Waals surface area contributed by atoms with Gasteiger partial charge in [-0.2, -0.15) is 0 Å². The summed E-state index contributed by atoms with van der Waals surface area (Å²) >= 11 is -0.158. The van der Waals surface area contributed by atoms with Crippen LogP contribution in [0.4, 0.5) is 0 Å². The summed E-state index contributed by atoms with van der Waals surface area (Å²) in [5.74, 6) is 0.973. The fourth-order valence-electron chi connectivity index (χ4n) is 3.54. The number of fused-ring (bicyclic) bond motifs is 3. The topological polar surface area (TPSA) is 31.9 Å². The fraction of sp³-hybridized carbons (Fsp3) is 0.438. The van der Waals surface area contributed by atoms with Gasteiger partial charge in [-0.25, -0.2) is 0 Å². The van der Waals surface area contributed by atoms with E-state index in [0.29, 0.717) is 0 Å². The Bertz CT molecular complexity index is 572. The van der Waals surface area contributed by atoms with E-state index in [9.17, 15) is 0 Å². The molecule has 2 atom stereocenters. The summed E-state index contributed by atoms with van der Waals surface area (Å²) in [7, 11) is 0. The molecule has 104 valence electrons. The van der Waals surface area contributed by atoms with Gasteiger partial charge in [-0.05, 0) is 0 Å². The molecule has 2 bridgehead atoms. The van der Waals surface area contributed by atoms with Crippen molar-refractivity contribution in [3.8, 4) is 11.1 Å². The first kappa shape index (κ1) is 12.7. The van der Waals surface area contributed by atoms with Gasteiger partial charge in [-0.3, -0.25) is 0 Å². The van der Waals surface area contributed by atoms with Gasteiger partial charge in [0, 0.05) is 0 Å². The van der Waals surface area contributed by atoms with Crippen LogP contribution in [0.25, 0.3) is 11.1 Å². The Morgan fingerprint density at radius 1 is 1.15 bits per heavy atom. The molecule has 3 fully saturated rings. The SMILES string of the molecule is c1ccc(-c2c[nH]nc2[AsH]C2CN3CCC2CC3)cc1. The predicted octanol–water partition coefficient (Wildman–Crippen LogP) is 1.65. The van der Waals surface area contributed by atoms with Crippen LogP contribution in [-0.4, -0.2) is 50.5 Å². The Balaban J connectivity index is 1.57. The number of rotatable bonds is 3. The number of aromatic amines is 1. The first-order chi connectivity index (χ1) is 9.90. The first-order valence-corrected chi connectivity index (χ1v) is 9.74. The van der Waals surface area contributed by atoms with Crippen LogP contribution in [-0.2, 0) is 0 Å². The van der Waals surface area contributed by atoms with E-state index < -0.39 is 0 Å². The zero-order valence-corrected chi connectivity index (χ0v) is 13.6. The average molecular weight is 329 g/mol. The molecule has 3 saturated heterocycles. The standard InChI is InChI=1S/C16H20AsN3/c1-2-4-12(5-3-1)14-10-18-19-16(14)17-15-11-20-8-6-13(15)7-9-20/h1-5,10,13,15,17H,6-9,11H2,(H,18,19). The molecule has 4 heterocycles. The van der Waals surface area contributed by atoms with Crippen molar-refractivity contribution in [2.45, 2.75) is 17.5 Å². The number of piperidine rings is 3. The summed E-state index contributed by atoms with van der Waals surface area (Å²) in [4.78, 5) is 2.66. The van der Waals surface area contributed by atoms with Gasteiger partial charge < -0.3 is 0 Å². The van der Waals surface area contributed by atoms with E-state index in [2.05, 4.69) is 51.6 Å². The quantitative estimate of drug-likeness (QED) is 0.869. The van der Waals surface area contributed by atoms with E-state index in [1.54, 1.807) is 0 Å². The van der Waals surface area contributed by atoms with E-state index in [4.69, 9.17) is 0 Å². The molecule has 4 heteroatoms. The van der Waals surface area contributed by atoms with Crippen LogP contribution in [0.1, 0.15) is 12.8 Å². The number of aromatic nitrogens is 2. The number of hydrogen-bond donors (Lipinski definition) is 1. The van der Waals surface area contributed by atoms with E-state index in [0.717, 1.165) is 10.6 Å². The van der Waals surface area contributed by atoms with Crippen molar-refractivity contribution in [3.63, 3.8) is 0 Å². The monoisotopic (exact) mass is 329 g/mol. The van der Waals surface area contributed by atoms with Gasteiger partial charge in [0.1, 0.15) is 0 Å². The van der Waals surface area contributed by atoms with Crippen molar-refractivity contribution >= 4 is 20.2 Å².